The van der Waals surface area contributed by atoms with Gasteiger partial charge in [0.15, 0.2) is 0 Å². The van der Waals surface area contributed by atoms with E-state index in [4.69, 9.17) is 4.74 Å². The van der Waals surface area contributed by atoms with Gasteiger partial charge in [-0.3, -0.25) is 4.98 Å². The second-order valence-electron chi connectivity index (χ2n) is 12.3. The highest BCUT2D eigenvalue weighted by molar-refractivity contribution is 6.25. The van der Waals surface area contributed by atoms with Gasteiger partial charge < -0.3 is 4.74 Å². The monoisotopic (exact) mass is 597 g/mol. The Morgan fingerprint density at radius 1 is 0.362 bits per heavy atom. The maximum absolute atomic E-state index is 6.63. The molecule has 2 heteroatoms. The number of benzene rings is 8. The quantitative estimate of drug-likeness (QED) is 0.189. The van der Waals surface area contributed by atoms with Crippen LogP contribution in [-0.2, 0) is 0 Å². The van der Waals surface area contributed by atoms with Gasteiger partial charge in [-0.15, -0.1) is 0 Å². The first kappa shape index (κ1) is 26.0. The zero-order valence-electron chi connectivity index (χ0n) is 25.4. The molecule has 47 heavy (non-hydrogen) atoms. The Kier molecular flexibility index (Phi) is 5.61. The second-order valence-corrected chi connectivity index (χ2v) is 12.3. The molecule has 0 radical (unpaired) electrons. The normalized spacial score (nSPS) is 12.0. The van der Waals surface area contributed by atoms with Crippen LogP contribution in [0.15, 0.2) is 164 Å². The predicted molar refractivity (Wildman–Crippen MR) is 196 cm³/mol. The third-order valence-corrected chi connectivity index (χ3v) is 9.74. The van der Waals surface area contributed by atoms with E-state index in [1.54, 1.807) is 6.20 Å². The average Bonchev–Trinajstić information content (AvgIpc) is 3.14. The molecule has 1 aromatic heterocycles. The standard InChI is InChI=1S/C45H27NO/c1-2-11-33-28(8-1)9-5-14-34(33)29-17-19-30(20-18-29)39-25-41-38-15-6-16-43-45(38)42(26-40(41)36-13-4-3-12-35(36)39)37-22-21-31(24-44(37)47-43)32-10-7-23-46-27-32/h1-27H. The van der Waals surface area contributed by atoms with Crippen molar-refractivity contribution >= 4 is 43.1 Å². The van der Waals surface area contributed by atoms with Gasteiger partial charge in [-0.2, -0.15) is 0 Å². The summed E-state index contributed by atoms with van der Waals surface area (Å²) in [5.41, 5.74) is 9.40. The summed E-state index contributed by atoms with van der Waals surface area (Å²) in [5.74, 6) is 1.77. The van der Waals surface area contributed by atoms with Gasteiger partial charge in [-0.05, 0) is 107 Å². The molecule has 0 spiro atoms. The fourth-order valence-corrected chi connectivity index (χ4v) is 7.53. The van der Waals surface area contributed by atoms with Crippen molar-refractivity contribution in [1.29, 1.82) is 0 Å². The van der Waals surface area contributed by atoms with Gasteiger partial charge in [0.2, 0.25) is 0 Å². The summed E-state index contributed by atoms with van der Waals surface area (Å²) < 4.78 is 6.63. The van der Waals surface area contributed by atoms with Crippen LogP contribution in [0.4, 0.5) is 0 Å². The molecule has 0 N–H and O–H groups in total. The first-order chi connectivity index (χ1) is 23.3. The van der Waals surface area contributed by atoms with Crippen molar-refractivity contribution in [3.05, 3.63) is 164 Å². The molecule has 9 aromatic rings. The Balaban J connectivity index is 1.17. The minimum absolute atomic E-state index is 0.873. The Hall–Kier alpha value is -6.25. The van der Waals surface area contributed by atoms with Crippen LogP contribution in [-0.4, -0.2) is 4.98 Å². The van der Waals surface area contributed by atoms with Crippen LogP contribution in [0.25, 0.3) is 87.6 Å². The number of fused-ring (bicyclic) bond motifs is 7. The summed E-state index contributed by atoms with van der Waals surface area (Å²) in [5, 5.41) is 9.88. The Labute approximate surface area is 272 Å². The van der Waals surface area contributed by atoms with Crippen LogP contribution < -0.4 is 4.74 Å². The SMILES string of the molecule is c1cncc(-c2ccc3c(c2)Oc2cccc4c2c-3cc2c3ccccc3c(-c3ccc(-c5cccc6ccccc56)cc3)cc42)c1. The maximum Gasteiger partial charge on any atom is 0.135 e. The van der Waals surface area contributed by atoms with Crippen molar-refractivity contribution < 1.29 is 4.74 Å². The minimum Gasteiger partial charge on any atom is -0.456 e. The molecule has 0 saturated carbocycles. The largest absolute Gasteiger partial charge is 0.456 e. The molecule has 1 aliphatic heterocycles. The van der Waals surface area contributed by atoms with E-state index in [0.29, 0.717) is 0 Å². The molecular weight excluding hydrogens is 571 g/mol. The summed E-state index contributed by atoms with van der Waals surface area (Å²) in [4.78, 5) is 4.32. The number of nitrogens with zero attached hydrogens (tertiary/aromatic N) is 1. The fraction of sp³-hybridized carbons (Fsp3) is 0. The van der Waals surface area contributed by atoms with Crippen LogP contribution in [0, 0.1) is 0 Å². The molecule has 8 aromatic carbocycles. The van der Waals surface area contributed by atoms with Gasteiger partial charge >= 0.3 is 0 Å². The van der Waals surface area contributed by atoms with Crippen LogP contribution in [0.2, 0.25) is 0 Å². The summed E-state index contributed by atoms with van der Waals surface area (Å²) >= 11 is 0. The molecule has 0 aliphatic carbocycles. The van der Waals surface area contributed by atoms with Gasteiger partial charge in [-0.1, -0.05) is 115 Å². The molecule has 0 amide bonds. The van der Waals surface area contributed by atoms with Gasteiger partial charge in [0, 0.05) is 28.9 Å². The number of rotatable bonds is 3. The molecule has 0 atom stereocenters. The fourth-order valence-electron chi connectivity index (χ4n) is 7.53. The molecule has 218 valence electrons. The van der Waals surface area contributed by atoms with Crippen molar-refractivity contribution in [3.63, 3.8) is 0 Å². The molecule has 10 rings (SSSR count). The molecule has 2 heterocycles. The van der Waals surface area contributed by atoms with Crippen LogP contribution >= 0.6 is 0 Å². The molecule has 0 bridgehead atoms. The van der Waals surface area contributed by atoms with Gasteiger partial charge in [0.05, 0.1) is 0 Å². The van der Waals surface area contributed by atoms with Crippen molar-refractivity contribution in [2.75, 3.05) is 0 Å². The third kappa shape index (κ3) is 4.02. The molecular formula is C45H27NO. The van der Waals surface area contributed by atoms with E-state index in [1.165, 1.54) is 65.5 Å². The molecule has 0 fully saturated rings. The van der Waals surface area contributed by atoms with E-state index >= 15 is 0 Å². The van der Waals surface area contributed by atoms with E-state index in [0.717, 1.165) is 33.6 Å². The van der Waals surface area contributed by atoms with Crippen LogP contribution in [0.1, 0.15) is 0 Å². The van der Waals surface area contributed by atoms with Crippen LogP contribution in [0.5, 0.6) is 11.5 Å². The van der Waals surface area contributed by atoms with E-state index < -0.39 is 0 Å². The first-order valence-corrected chi connectivity index (χ1v) is 16.0. The Morgan fingerprint density at radius 2 is 1.04 bits per heavy atom. The van der Waals surface area contributed by atoms with Crippen molar-refractivity contribution in [1.82, 2.24) is 4.98 Å². The lowest BCUT2D eigenvalue weighted by molar-refractivity contribution is 0.487. The minimum atomic E-state index is 0.873. The third-order valence-electron chi connectivity index (χ3n) is 9.74. The summed E-state index contributed by atoms with van der Waals surface area (Å²) in [6, 6.07) is 54.8. The number of pyridine rings is 1. The lowest BCUT2D eigenvalue weighted by Crippen LogP contribution is -1.98. The van der Waals surface area contributed by atoms with Crippen molar-refractivity contribution in [2.24, 2.45) is 0 Å². The topological polar surface area (TPSA) is 22.1 Å². The summed E-state index contributed by atoms with van der Waals surface area (Å²) in [6.45, 7) is 0. The van der Waals surface area contributed by atoms with Crippen molar-refractivity contribution in [3.8, 4) is 56.0 Å². The van der Waals surface area contributed by atoms with E-state index in [2.05, 4.69) is 151 Å². The smallest absolute Gasteiger partial charge is 0.135 e. The Bertz CT molecular complexity index is 2690. The number of hydrogen-bond donors (Lipinski definition) is 0. The molecule has 2 nitrogen and oxygen atoms in total. The van der Waals surface area contributed by atoms with Gasteiger partial charge in [0.25, 0.3) is 0 Å². The highest BCUT2D eigenvalue weighted by Crippen LogP contribution is 2.51. The lowest BCUT2D eigenvalue weighted by atomic mass is 9.86. The van der Waals surface area contributed by atoms with E-state index in [-0.39, 0.29) is 0 Å². The highest BCUT2D eigenvalue weighted by Gasteiger charge is 2.23. The molecule has 0 unspecified atom stereocenters. The Morgan fingerprint density at radius 3 is 1.89 bits per heavy atom. The lowest BCUT2D eigenvalue weighted by Gasteiger charge is -2.24. The predicted octanol–water partition coefficient (Wildman–Crippen LogP) is 12.5. The molecule has 1 aliphatic rings. The summed E-state index contributed by atoms with van der Waals surface area (Å²) in [6.07, 6.45) is 3.70. The van der Waals surface area contributed by atoms with Gasteiger partial charge in [0.1, 0.15) is 11.5 Å². The molecule has 0 saturated heterocycles. The van der Waals surface area contributed by atoms with Crippen LogP contribution in [0.3, 0.4) is 0 Å². The highest BCUT2D eigenvalue weighted by atomic mass is 16.5. The second kappa shape index (κ2) is 10.1. The zero-order valence-corrected chi connectivity index (χ0v) is 25.4. The van der Waals surface area contributed by atoms with Crippen molar-refractivity contribution in [2.45, 2.75) is 0 Å². The maximum atomic E-state index is 6.63. The van der Waals surface area contributed by atoms with E-state index in [9.17, 15) is 0 Å². The van der Waals surface area contributed by atoms with Gasteiger partial charge in [-0.25, -0.2) is 0 Å². The zero-order chi connectivity index (χ0) is 30.9. The number of hydrogen-bond acceptors (Lipinski definition) is 2. The number of aromatic nitrogens is 1. The number of ether oxygens (including phenoxy) is 1. The summed E-state index contributed by atoms with van der Waals surface area (Å²) in [7, 11) is 0. The first-order valence-electron chi connectivity index (χ1n) is 16.0. The van der Waals surface area contributed by atoms with E-state index in [1.807, 2.05) is 12.3 Å². The average molecular weight is 598 g/mol.